The fourth-order valence-corrected chi connectivity index (χ4v) is 2.49. The number of imide groups is 1. The summed E-state index contributed by atoms with van der Waals surface area (Å²) in [5.74, 6) is -1.48. The van der Waals surface area contributed by atoms with Gasteiger partial charge >= 0.3 is 5.69 Å². The molecular formula is C11H7N3O7S. The Balaban J connectivity index is 2.60. The van der Waals surface area contributed by atoms with Crippen LogP contribution in [0.2, 0.25) is 0 Å². The van der Waals surface area contributed by atoms with Gasteiger partial charge in [-0.2, -0.15) is 0 Å². The molecule has 2 rings (SSSR count). The second kappa shape index (κ2) is 5.44. The van der Waals surface area contributed by atoms with Gasteiger partial charge in [0.15, 0.2) is 0 Å². The van der Waals surface area contributed by atoms with Crippen molar-refractivity contribution in [3.05, 3.63) is 42.8 Å². The Morgan fingerprint density at radius 2 is 1.86 bits per heavy atom. The Bertz CT molecular complexity index is 758. The number of aromatic hydroxyl groups is 1. The van der Waals surface area contributed by atoms with Gasteiger partial charge in [-0.3, -0.25) is 34.7 Å². The van der Waals surface area contributed by atoms with Crippen molar-refractivity contribution in [1.82, 2.24) is 4.90 Å². The molecular weight excluding hydrogens is 318 g/mol. The number of carbonyl (C=O) groups is 2. The van der Waals surface area contributed by atoms with Gasteiger partial charge < -0.3 is 5.11 Å². The maximum atomic E-state index is 11.7. The Hall–Kier alpha value is -2.95. The van der Waals surface area contributed by atoms with Gasteiger partial charge in [0.05, 0.1) is 20.8 Å². The summed E-state index contributed by atoms with van der Waals surface area (Å²) in [6.45, 7) is 0. The quantitative estimate of drug-likeness (QED) is 0.503. The number of carbonyl (C=O) groups excluding carboxylic acids is 2. The standard InChI is InChI=1S/C11H7N3O7S/c1-12-10(16)8(22-11(12)17)3-5-2-6(13(18)19)4-7(9(5)15)14(20)21/h2-4,15H,1H3/b8-3-. The molecule has 1 N–H and O–H groups in total. The highest BCUT2D eigenvalue weighted by molar-refractivity contribution is 8.18. The van der Waals surface area contributed by atoms with Crippen molar-refractivity contribution < 1.29 is 24.5 Å². The van der Waals surface area contributed by atoms with Gasteiger partial charge in [-0.05, 0) is 17.8 Å². The van der Waals surface area contributed by atoms with Crippen LogP contribution in [0.15, 0.2) is 17.0 Å². The lowest BCUT2D eigenvalue weighted by atomic mass is 10.1. The Morgan fingerprint density at radius 3 is 2.32 bits per heavy atom. The van der Waals surface area contributed by atoms with E-state index >= 15 is 0 Å². The van der Waals surface area contributed by atoms with Crippen LogP contribution in [0.5, 0.6) is 5.75 Å². The summed E-state index contributed by atoms with van der Waals surface area (Å²) < 4.78 is 0. The van der Waals surface area contributed by atoms with Gasteiger partial charge in [-0.15, -0.1) is 0 Å². The first-order chi connectivity index (χ1) is 10.2. The lowest BCUT2D eigenvalue weighted by Crippen LogP contribution is -2.22. The normalized spacial score (nSPS) is 16.4. The van der Waals surface area contributed by atoms with E-state index in [-0.39, 0.29) is 10.5 Å². The van der Waals surface area contributed by atoms with Gasteiger partial charge in [-0.25, -0.2) is 0 Å². The molecule has 1 heterocycles. The SMILES string of the molecule is CN1C(=O)S/C(=C\c2cc([N+](=O)[O-])cc([N+](=O)[O-])c2O)C1=O. The molecule has 0 bridgehead atoms. The van der Waals surface area contributed by atoms with Gasteiger partial charge in [-0.1, -0.05) is 0 Å². The second-order valence-electron chi connectivity index (χ2n) is 4.16. The van der Waals surface area contributed by atoms with E-state index in [0.29, 0.717) is 17.8 Å². The van der Waals surface area contributed by atoms with Crippen LogP contribution in [0.3, 0.4) is 0 Å². The van der Waals surface area contributed by atoms with Crippen LogP contribution in [-0.4, -0.2) is 38.0 Å². The van der Waals surface area contributed by atoms with E-state index in [9.17, 15) is 34.9 Å². The molecule has 0 spiro atoms. The number of nitro groups is 2. The monoisotopic (exact) mass is 325 g/mol. The molecule has 1 fully saturated rings. The van der Waals surface area contributed by atoms with Crippen molar-refractivity contribution >= 4 is 40.4 Å². The first-order valence-electron chi connectivity index (χ1n) is 5.59. The number of phenols is 1. The lowest BCUT2D eigenvalue weighted by molar-refractivity contribution is -0.394. The van der Waals surface area contributed by atoms with E-state index in [0.717, 1.165) is 17.0 Å². The van der Waals surface area contributed by atoms with E-state index in [1.54, 1.807) is 0 Å². The van der Waals surface area contributed by atoms with Crippen LogP contribution in [0.25, 0.3) is 6.08 Å². The Labute approximate surface area is 126 Å². The van der Waals surface area contributed by atoms with Gasteiger partial charge in [0.2, 0.25) is 5.75 Å². The van der Waals surface area contributed by atoms with Crippen molar-refractivity contribution in [3.63, 3.8) is 0 Å². The second-order valence-corrected chi connectivity index (χ2v) is 5.15. The maximum Gasteiger partial charge on any atom is 0.318 e. The first kappa shape index (κ1) is 15.4. The van der Waals surface area contributed by atoms with Crippen molar-refractivity contribution in [2.75, 3.05) is 7.05 Å². The van der Waals surface area contributed by atoms with Crippen LogP contribution >= 0.6 is 11.8 Å². The summed E-state index contributed by atoms with van der Waals surface area (Å²) >= 11 is 0.562. The number of nitro benzene ring substituents is 2. The summed E-state index contributed by atoms with van der Waals surface area (Å²) in [7, 11) is 1.24. The molecule has 1 aliphatic heterocycles. The number of thioether (sulfide) groups is 1. The third-order valence-corrected chi connectivity index (χ3v) is 3.75. The smallest absolute Gasteiger partial charge is 0.318 e. The molecule has 1 aliphatic rings. The molecule has 10 nitrogen and oxygen atoms in total. The number of amides is 2. The van der Waals surface area contributed by atoms with E-state index in [4.69, 9.17) is 0 Å². The molecule has 0 atom stereocenters. The average Bonchev–Trinajstić information content (AvgIpc) is 2.68. The van der Waals surface area contributed by atoms with E-state index < -0.39 is 38.1 Å². The van der Waals surface area contributed by atoms with Crippen molar-refractivity contribution in [1.29, 1.82) is 0 Å². The van der Waals surface area contributed by atoms with Crippen LogP contribution < -0.4 is 0 Å². The van der Waals surface area contributed by atoms with Gasteiger partial charge in [0.1, 0.15) is 0 Å². The van der Waals surface area contributed by atoms with Crippen LogP contribution in [0.1, 0.15) is 5.56 Å². The number of likely N-dealkylation sites (N-methyl/N-ethyl adjacent to an activating group) is 1. The summed E-state index contributed by atoms with van der Waals surface area (Å²) in [5.41, 5.74) is -1.78. The summed E-state index contributed by atoms with van der Waals surface area (Å²) in [5, 5.41) is 30.9. The number of hydrogen-bond donors (Lipinski definition) is 1. The highest BCUT2D eigenvalue weighted by Crippen LogP contribution is 2.38. The fourth-order valence-electron chi connectivity index (χ4n) is 1.67. The molecule has 11 heteroatoms. The average molecular weight is 325 g/mol. The molecule has 0 radical (unpaired) electrons. The third kappa shape index (κ3) is 2.61. The molecule has 0 aliphatic carbocycles. The number of phenolic OH excluding ortho intramolecular Hbond substituents is 1. The van der Waals surface area contributed by atoms with Crippen molar-refractivity contribution in [3.8, 4) is 5.75 Å². The summed E-state index contributed by atoms with van der Waals surface area (Å²) in [4.78, 5) is 43.6. The molecule has 0 unspecified atom stereocenters. The van der Waals surface area contributed by atoms with Crippen molar-refractivity contribution in [2.45, 2.75) is 0 Å². The van der Waals surface area contributed by atoms with E-state index in [2.05, 4.69) is 0 Å². The number of nitrogens with zero attached hydrogens (tertiary/aromatic N) is 3. The summed E-state index contributed by atoms with van der Waals surface area (Å²) in [6, 6.07) is 1.49. The number of hydrogen-bond acceptors (Lipinski definition) is 8. The molecule has 2 amide bonds. The Kier molecular flexibility index (Phi) is 3.82. The highest BCUT2D eigenvalue weighted by Gasteiger charge is 2.33. The zero-order valence-electron chi connectivity index (χ0n) is 10.9. The zero-order chi connectivity index (χ0) is 16.6. The zero-order valence-corrected chi connectivity index (χ0v) is 11.7. The minimum atomic E-state index is -0.981. The molecule has 1 aromatic carbocycles. The highest BCUT2D eigenvalue weighted by atomic mass is 32.2. The minimum absolute atomic E-state index is 0.0994. The summed E-state index contributed by atoms with van der Waals surface area (Å²) in [6.07, 6.45) is 1.00. The van der Waals surface area contributed by atoms with E-state index in [1.807, 2.05) is 0 Å². The largest absolute Gasteiger partial charge is 0.502 e. The molecule has 114 valence electrons. The molecule has 1 saturated heterocycles. The van der Waals surface area contributed by atoms with Gasteiger partial charge in [0.25, 0.3) is 16.8 Å². The molecule has 22 heavy (non-hydrogen) atoms. The van der Waals surface area contributed by atoms with Crippen LogP contribution in [0, 0.1) is 20.2 Å². The maximum absolute atomic E-state index is 11.7. The molecule has 0 aromatic heterocycles. The van der Waals surface area contributed by atoms with Gasteiger partial charge in [0, 0.05) is 18.7 Å². The fraction of sp³-hybridized carbons (Fsp3) is 0.0909. The topological polar surface area (TPSA) is 144 Å². The van der Waals surface area contributed by atoms with Crippen molar-refractivity contribution in [2.24, 2.45) is 0 Å². The Morgan fingerprint density at radius 1 is 1.23 bits per heavy atom. The predicted molar refractivity (Wildman–Crippen MR) is 75.1 cm³/mol. The number of non-ortho nitro benzene ring substituents is 1. The first-order valence-corrected chi connectivity index (χ1v) is 6.41. The number of rotatable bonds is 3. The third-order valence-electron chi connectivity index (χ3n) is 2.78. The number of benzene rings is 1. The predicted octanol–water partition coefficient (Wildman–Crippen LogP) is 1.87. The van der Waals surface area contributed by atoms with Crippen LogP contribution in [0.4, 0.5) is 16.2 Å². The van der Waals surface area contributed by atoms with E-state index in [1.165, 1.54) is 7.05 Å². The minimum Gasteiger partial charge on any atom is -0.502 e. The lowest BCUT2D eigenvalue weighted by Gasteiger charge is -2.03. The van der Waals surface area contributed by atoms with Crippen LogP contribution in [-0.2, 0) is 4.79 Å². The molecule has 1 aromatic rings. The molecule has 0 saturated carbocycles.